The third-order valence-corrected chi connectivity index (χ3v) is 2.19. The molecule has 0 fully saturated rings. The first-order valence-corrected chi connectivity index (χ1v) is 5.95. The van der Waals surface area contributed by atoms with Gasteiger partial charge in [-0.1, -0.05) is 32.4 Å². The zero-order valence-corrected chi connectivity index (χ0v) is 12.0. The van der Waals surface area contributed by atoms with Crippen LogP contribution in [0.5, 0.6) is 0 Å². The normalized spacial score (nSPS) is 12.1. The summed E-state index contributed by atoms with van der Waals surface area (Å²) in [6, 6.07) is 0. The van der Waals surface area contributed by atoms with Crippen LogP contribution >= 0.6 is 0 Å². The fourth-order valence-corrected chi connectivity index (χ4v) is 1.13. The molecule has 2 heteroatoms. The lowest BCUT2D eigenvalue weighted by Gasteiger charge is -2.26. The Kier molecular flexibility index (Phi) is 11.6. The van der Waals surface area contributed by atoms with E-state index < -0.39 is 0 Å². The average Bonchev–Trinajstić information content (AvgIpc) is 2.17. The molecule has 0 aromatic rings. The van der Waals surface area contributed by atoms with Gasteiger partial charge in [-0.25, -0.2) is 10.0 Å². The van der Waals surface area contributed by atoms with Crippen LogP contribution in [0, 0.1) is 5.92 Å². The highest BCUT2D eigenvalue weighted by Crippen LogP contribution is 2.07. The molecule has 0 saturated carbocycles. The first-order chi connectivity index (χ1) is 6.93. The van der Waals surface area contributed by atoms with Crippen LogP contribution in [0.2, 0.25) is 0 Å². The van der Waals surface area contributed by atoms with Gasteiger partial charge < -0.3 is 0 Å². The van der Waals surface area contributed by atoms with Crippen LogP contribution in [0.4, 0.5) is 0 Å². The molecule has 0 rings (SSSR count). The zero-order chi connectivity index (χ0) is 12.4. The number of allylic oxidation sites excluding steroid dienone is 2. The Morgan fingerprint density at radius 2 is 1.60 bits per heavy atom. The minimum atomic E-state index is 0.724. The highest BCUT2D eigenvalue weighted by atomic mass is 15.6. The van der Waals surface area contributed by atoms with E-state index in [0.717, 1.165) is 12.5 Å². The van der Waals surface area contributed by atoms with Gasteiger partial charge in [0.25, 0.3) is 0 Å². The Balaban J connectivity index is 0. The van der Waals surface area contributed by atoms with Crippen molar-refractivity contribution in [3.63, 3.8) is 0 Å². The first kappa shape index (κ1) is 17.1. The molecule has 0 aliphatic rings. The van der Waals surface area contributed by atoms with Crippen molar-refractivity contribution in [3.8, 4) is 0 Å². The summed E-state index contributed by atoms with van der Waals surface area (Å²) in [5, 5.41) is 4.36. The Bertz CT molecular complexity index is 158. The molecular formula is C13H30N2. The lowest BCUT2D eigenvalue weighted by molar-refractivity contribution is 0.0420. The topological polar surface area (TPSA) is 6.48 Å². The van der Waals surface area contributed by atoms with Gasteiger partial charge in [-0.3, -0.25) is 0 Å². The standard InChI is InChI=1S/C11H24N2.C2H6/c1-10(2)7-8-11(3)9-13(6)12(4)5;1-2/h7,11H,8-9H2,1-6H3;1-2H3. The maximum absolute atomic E-state index is 2.31. The lowest BCUT2D eigenvalue weighted by Crippen LogP contribution is -2.36. The van der Waals surface area contributed by atoms with Gasteiger partial charge in [0.15, 0.2) is 0 Å². The summed E-state index contributed by atoms with van der Waals surface area (Å²) >= 11 is 0. The van der Waals surface area contributed by atoms with E-state index in [1.54, 1.807) is 0 Å². The minimum Gasteiger partial charge on any atom is -0.248 e. The molecule has 0 radical (unpaired) electrons. The van der Waals surface area contributed by atoms with Gasteiger partial charge in [0, 0.05) is 27.7 Å². The van der Waals surface area contributed by atoms with Crippen LogP contribution in [0.3, 0.4) is 0 Å². The van der Waals surface area contributed by atoms with E-state index in [1.807, 2.05) is 13.8 Å². The molecule has 2 nitrogen and oxygen atoms in total. The van der Waals surface area contributed by atoms with Crippen molar-refractivity contribution in [2.24, 2.45) is 5.92 Å². The van der Waals surface area contributed by atoms with E-state index in [2.05, 4.69) is 58.0 Å². The number of hydrogen-bond donors (Lipinski definition) is 0. The monoisotopic (exact) mass is 214 g/mol. The van der Waals surface area contributed by atoms with Gasteiger partial charge in [-0.2, -0.15) is 0 Å². The summed E-state index contributed by atoms with van der Waals surface area (Å²) in [5.74, 6) is 0.724. The summed E-state index contributed by atoms with van der Waals surface area (Å²) in [6.07, 6.45) is 3.49. The highest BCUT2D eigenvalue weighted by molar-refractivity contribution is 4.93. The molecule has 92 valence electrons. The Morgan fingerprint density at radius 3 is 1.93 bits per heavy atom. The lowest BCUT2D eigenvalue weighted by atomic mass is 10.1. The van der Waals surface area contributed by atoms with Crippen LogP contribution in [0.15, 0.2) is 11.6 Å². The number of hydrazine groups is 1. The second kappa shape index (κ2) is 10.2. The van der Waals surface area contributed by atoms with Crippen LogP contribution in [-0.2, 0) is 0 Å². The SMILES string of the molecule is CC.CC(C)=CCC(C)CN(C)N(C)C. The average molecular weight is 214 g/mol. The number of hydrogen-bond acceptors (Lipinski definition) is 2. The quantitative estimate of drug-likeness (QED) is 0.511. The van der Waals surface area contributed by atoms with E-state index in [9.17, 15) is 0 Å². The van der Waals surface area contributed by atoms with Crippen LogP contribution in [-0.4, -0.2) is 37.7 Å². The first-order valence-electron chi connectivity index (χ1n) is 5.95. The molecule has 0 bridgehead atoms. The zero-order valence-electron chi connectivity index (χ0n) is 12.0. The molecule has 1 unspecified atom stereocenters. The maximum Gasteiger partial charge on any atom is 0.0158 e. The number of rotatable bonds is 5. The predicted octanol–water partition coefficient (Wildman–Crippen LogP) is 3.41. The predicted molar refractivity (Wildman–Crippen MR) is 70.9 cm³/mol. The van der Waals surface area contributed by atoms with Gasteiger partial charge >= 0.3 is 0 Å². The van der Waals surface area contributed by atoms with Crippen molar-refractivity contribution in [3.05, 3.63) is 11.6 Å². The van der Waals surface area contributed by atoms with Gasteiger partial charge in [0.1, 0.15) is 0 Å². The van der Waals surface area contributed by atoms with Crippen molar-refractivity contribution in [1.29, 1.82) is 0 Å². The summed E-state index contributed by atoms with van der Waals surface area (Å²) in [4.78, 5) is 0. The molecule has 15 heavy (non-hydrogen) atoms. The van der Waals surface area contributed by atoms with Crippen molar-refractivity contribution in [2.75, 3.05) is 27.7 Å². The molecule has 0 spiro atoms. The molecule has 0 saturated heterocycles. The molecule has 0 aliphatic heterocycles. The number of nitrogens with zero attached hydrogens (tertiary/aromatic N) is 2. The molecule has 0 aromatic carbocycles. The van der Waals surface area contributed by atoms with E-state index in [1.165, 1.54) is 12.0 Å². The maximum atomic E-state index is 2.31. The Labute approximate surface area is 96.9 Å². The van der Waals surface area contributed by atoms with Crippen molar-refractivity contribution in [2.45, 2.75) is 41.0 Å². The fraction of sp³-hybridized carbons (Fsp3) is 0.846. The van der Waals surface area contributed by atoms with Gasteiger partial charge in [-0.05, 0) is 26.2 Å². The van der Waals surface area contributed by atoms with Crippen LogP contribution < -0.4 is 0 Å². The van der Waals surface area contributed by atoms with Crippen LogP contribution in [0.25, 0.3) is 0 Å². The van der Waals surface area contributed by atoms with Crippen molar-refractivity contribution < 1.29 is 0 Å². The molecule has 0 aromatic heterocycles. The van der Waals surface area contributed by atoms with Crippen LogP contribution in [0.1, 0.15) is 41.0 Å². The van der Waals surface area contributed by atoms with Crippen molar-refractivity contribution >= 4 is 0 Å². The highest BCUT2D eigenvalue weighted by Gasteiger charge is 2.05. The summed E-state index contributed by atoms with van der Waals surface area (Å²) in [6.45, 7) is 11.7. The summed E-state index contributed by atoms with van der Waals surface area (Å²) in [5.41, 5.74) is 1.42. The molecule has 0 N–H and O–H groups in total. The van der Waals surface area contributed by atoms with E-state index >= 15 is 0 Å². The van der Waals surface area contributed by atoms with Gasteiger partial charge in [-0.15, -0.1) is 0 Å². The Hall–Kier alpha value is -0.340. The van der Waals surface area contributed by atoms with E-state index in [-0.39, 0.29) is 0 Å². The van der Waals surface area contributed by atoms with E-state index in [4.69, 9.17) is 0 Å². The molecule has 1 atom stereocenters. The third-order valence-electron chi connectivity index (χ3n) is 2.19. The molecule has 0 amide bonds. The molecular weight excluding hydrogens is 184 g/mol. The van der Waals surface area contributed by atoms with Crippen molar-refractivity contribution in [1.82, 2.24) is 10.0 Å². The third kappa shape index (κ3) is 11.6. The Morgan fingerprint density at radius 1 is 1.13 bits per heavy atom. The second-order valence-corrected chi connectivity index (χ2v) is 4.31. The van der Waals surface area contributed by atoms with E-state index in [0.29, 0.717) is 0 Å². The summed E-state index contributed by atoms with van der Waals surface area (Å²) < 4.78 is 0. The molecule has 0 aliphatic carbocycles. The summed E-state index contributed by atoms with van der Waals surface area (Å²) in [7, 11) is 6.28. The van der Waals surface area contributed by atoms with Gasteiger partial charge in [0.05, 0.1) is 0 Å². The molecule has 0 heterocycles. The van der Waals surface area contributed by atoms with Gasteiger partial charge in [0.2, 0.25) is 0 Å². The largest absolute Gasteiger partial charge is 0.248 e. The second-order valence-electron chi connectivity index (χ2n) is 4.31. The fourth-order valence-electron chi connectivity index (χ4n) is 1.13. The minimum absolute atomic E-state index is 0.724. The smallest absolute Gasteiger partial charge is 0.0158 e.